The summed E-state index contributed by atoms with van der Waals surface area (Å²) in [6.07, 6.45) is 0. The Hall–Kier alpha value is -3.45. The molecule has 3 aromatic carbocycles. The van der Waals surface area contributed by atoms with E-state index in [0.29, 0.717) is 11.3 Å². The second-order valence-corrected chi connectivity index (χ2v) is 8.24. The second-order valence-electron chi connectivity index (χ2n) is 6.56. The number of hydrogen-bond donors (Lipinski definition) is 2. The Balaban J connectivity index is 1.88. The summed E-state index contributed by atoms with van der Waals surface area (Å²) in [5.74, 6) is -0.676. The average Bonchev–Trinajstić information content (AvgIpc) is 2.70. The number of nitrogens with one attached hydrogen (secondary N) is 2. The molecule has 7 heteroatoms. The maximum absolute atomic E-state index is 12.8. The Bertz CT molecular complexity index is 1170. The SMILES string of the molecule is CC(=O)c1cccc(S(=O)(=O)Nc2ccccc2C(=O)Nc2ccc(C)cc2)c1. The molecule has 0 aliphatic carbocycles. The van der Waals surface area contributed by atoms with Gasteiger partial charge in [0.1, 0.15) is 0 Å². The van der Waals surface area contributed by atoms with E-state index in [9.17, 15) is 18.0 Å². The average molecular weight is 408 g/mol. The van der Waals surface area contributed by atoms with E-state index in [0.717, 1.165) is 5.56 Å². The third-order valence-electron chi connectivity index (χ3n) is 4.28. The van der Waals surface area contributed by atoms with E-state index in [-0.39, 0.29) is 21.9 Å². The van der Waals surface area contributed by atoms with E-state index in [1.165, 1.54) is 37.3 Å². The summed E-state index contributed by atoms with van der Waals surface area (Å²) in [4.78, 5) is 24.2. The lowest BCUT2D eigenvalue weighted by atomic mass is 10.1. The monoisotopic (exact) mass is 408 g/mol. The number of hydrogen-bond acceptors (Lipinski definition) is 4. The smallest absolute Gasteiger partial charge is 0.261 e. The minimum absolute atomic E-state index is 0.0565. The lowest BCUT2D eigenvalue weighted by Gasteiger charge is -2.13. The minimum atomic E-state index is -3.99. The van der Waals surface area contributed by atoms with Gasteiger partial charge in [0.15, 0.2) is 5.78 Å². The maximum atomic E-state index is 12.8. The van der Waals surface area contributed by atoms with Crippen LogP contribution in [0.15, 0.2) is 77.7 Å². The van der Waals surface area contributed by atoms with Crippen LogP contribution in [-0.4, -0.2) is 20.1 Å². The van der Waals surface area contributed by atoms with Gasteiger partial charge in [-0.3, -0.25) is 14.3 Å². The molecule has 2 N–H and O–H groups in total. The van der Waals surface area contributed by atoms with Gasteiger partial charge in [0.05, 0.1) is 16.1 Å². The van der Waals surface area contributed by atoms with Gasteiger partial charge in [0.2, 0.25) is 0 Å². The third-order valence-corrected chi connectivity index (χ3v) is 5.64. The standard InChI is InChI=1S/C22H20N2O4S/c1-15-10-12-18(13-11-15)23-22(26)20-8-3-4-9-21(20)24-29(27,28)19-7-5-6-17(14-19)16(2)25/h3-14,24H,1-2H3,(H,23,26). The molecule has 0 radical (unpaired) electrons. The van der Waals surface area contributed by atoms with Crippen molar-refractivity contribution in [2.24, 2.45) is 0 Å². The number of carbonyl (C=O) groups excluding carboxylic acids is 2. The van der Waals surface area contributed by atoms with E-state index in [2.05, 4.69) is 10.0 Å². The number of Topliss-reactive ketones (excluding diaryl/α,β-unsaturated/α-hetero) is 1. The van der Waals surface area contributed by atoms with Gasteiger partial charge in [-0.2, -0.15) is 0 Å². The normalized spacial score (nSPS) is 11.0. The predicted molar refractivity (Wildman–Crippen MR) is 113 cm³/mol. The molecule has 0 aromatic heterocycles. The molecule has 0 saturated heterocycles. The van der Waals surface area contributed by atoms with Gasteiger partial charge in [-0.1, -0.05) is 42.0 Å². The maximum Gasteiger partial charge on any atom is 0.261 e. The zero-order chi connectivity index (χ0) is 21.0. The lowest BCUT2D eigenvalue weighted by molar-refractivity contribution is 0.101. The van der Waals surface area contributed by atoms with Gasteiger partial charge < -0.3 is 5.32 Å². The molecule has 0 heterocycles. The van der Waals surface area contributed by atoms with Crippen LogP contribution in [0.4, 0.5) is 11.4 Å². The van der Waals surface area contributed by atoms with E-state index < -0.39 is 15.9 Å². The Morgan fingerprint density at radius 3 is 2.24 bits per heavy atom. The number of carbonyl (C=O) groups is 2. The molecule has 3 rings (SSSR count). The fourth-order valence-corrected chi connectivity index (χ4v) is 3.82. The molecule has 0 bridgehead atoms. The van der Waals surface area contributed by atoms with Crippen LogP contribution < -0.4 is 10.0 Å². The summed E-state index contributed by atoms with van der Waals surface area (Å²) >= 11 is 0. The van der Waals surface area contributed by atoms with Gasteiger partial charge in [-0.15, -0.1) is 0 Å². The predicted octanol–water partition coefficient (Wildman–Crippen LogP) is 4.25. The van der Waals surface area contributed by atoms with E-state index in [1.807, 2.05) is 19.1 Å². The molecular formula is C22H20N2O4S. The van der Waals surface area contributed by atoms with Crippen LogP contribution in [0.1, 0.15) is 33.2 Å². The number of anilines is 2. The Labute approximate surface area is 169 Å². The molecule has 0 unspecified atom stereocenters. The van der Waals surface area contributed by atoms with Gasteiger partial charge in [0.25, 0.3) is 15.9 Å². The third kappa shape index (κ3) is 4.89. The van der Waals surface area contributed by atoms with Gasteiger partial charge in [-0.25, -0.2) is 8.42 Å². The molecule has 0 aliphatic heterocycles. The molecule has 29 heavy (non-hydrogen) atoms. The van der Waals surface area contributed by atoms with Crippen LogP contribution in [0.2, 0.25) is 0 Å². The topological polar surface area (TPSA) is 92.3 Å². The summed E-state index contributed by atoms with van der Waals surface area (Å²) in [7, 11) is -3.99. The van der Waals surface area contributed by atoms with E-state index in [4.69, 9.17) is 0 Å². The lowest BCUT2D eigenvalue weighted by Crippen LogP contribution is -2.18. The molecular weight excluding hydrogens is 388 g/mol. The van der Waals surface area contributed by atoms with Crippen molar-refractivity contribution in [3.8, 4) is 0 Å². The first-order chi connectivity index (χ1) is 13.8. The molecule has 0 saturated carbocycles. The van der Waals surface area contributed by atoms with Crippen molar-refractivity contribution < 1.29 is 18.0 Å². The van der Waals surface area contributed by atoms with Crippen molar-refractivity contribution >= 4 is 33.1 Å². The van der Waals surface area contributed by atoms with Crippen LogP contribution in [0, 0.1) is 6.92 Å². The van der Waals surface area contributed by atoms with Crippen molar-refractivity contribution in [3.05, 3.63) is 89.5 Å². The quantitative estimate of drug-likeness (QED) is 0.597. The molecule has 6 nitrogen and oxygen atoms in total. The van der Waals surface area contributed by atoms with Crippen LogP contribution in [-0.2, 0) is 10.0 Å². The van der Waals surface area contributed by atoms with Crippen molar-refractivity contribution in [2.45, 2.75) is 18.7 Å². The molecule has 0 spiro atoms. The number of benzene rings is 3. The summed E-state index contributed by atoms with van der Waals surface area (Å²) in [5.41, 5.74) is 2.28. The van der Waals surface area contributed by atoms with Crippen LogP contribution in [0.25, 0.3) is 0 Å². The highest BCUT2D eigenvalue weighted by atomic mass is 32.2. The summed E-state index contributed by atoms with van der Waals surface area (Å²) in [5, 5.41) is 2.76. The van der Waals surface area contributed by atoms with Crippen LogP contribution in [0.5, 0.6) is 0 Å². The van der Waals surface area contributed by atoms with E-state index >= 15 is 0 Å². The molecule has 1 amide bonds. The summed E-state index contributed by atoms with van der Waals surface area (Å²) in [6.45, 7) is 3.31. The Kier molecular flexibility index (Phi) is 5.79. The molecule has 0 atom stereocenters. The zero-order valence-corrected chi connectivity index (χ0v) is 16.8. The second kappa shape index (κ2) is 8.28. The number of para-hydroxylation sites is 1. The number of sulfonamides is 1. The van der Waals surface area contributed by atoms with Gasteiger partial charge >= 0.3 is 0 Å². The number of ketones is 1. The van der Waals surface area contributed by atoms with Crippen molar-refractivity contribution in [1.82, 2.24) is 0 Å². The molecule has 0 fully saturated rings. The van der Waals surface area contributed by atoms with Crippen molar-refractivity contribution in [3.63, 3.8) is 0 Å². The first kappa shape index (κ1) is 20.3. The fourth-order valence-electron chi connectivity index (χ4n) is 2.69. The highest BCUT2D eigenvalue weighted by molar-refractivity contribution is 7.92. The number of aryl methyl sites for hydroxylation is 1. The zero-order valence-electron chi connectivity index (χ0n) is 16.0. The molecule has 0 aliphatic rings. The Morgan fingerprint density at radius 1 is 0.862 bits per heavy atom. The van der Waals surface area contributed by atoms with Crippen LogP contribution >= 0.6 is 0 Å². The largest absolute Gasteiger partial charge is 0.322 e. The first-order valence-electron chi connectivity index (χ1n) is 8.87. The summed E-state index contributed by atoms with van der Waals surface area (Å²) < 4.78 is 28.0. The van der Waals surface area contributed by atoms with Crippen molar-refractivity contribution in [2.75, 3.05) is 10.0 Å². The molecule has 148 valence electrons. The first-order valence-corrected chi connectivity index (χ1v) is 10.4. The van der Waals surface area contributed by atoms with Gasteiger partial charge in [-0.05, 0) is 50.2 Å². The van der Waals surface area contributed by atoms with Crippen LogP contribution in [0.3, 0.4) is 0 Å². The Morgan fingerprint density at radius 2 is 1.55 bits per heavy atom. The van der Waals surface area contributed by atoms with Gasteiger partial charge in [0, 0.05) is 11.3 Å². The number of rotatable bonds is 6. The number of amides is 1. The van der Waals surface area contributed by atoms with Crippen molar-refractivity contribution in [1.29, 1.82) is 0 Å². The highest BCUT2D eigenvalue weighted by Crippen LogP contribution is 2.22. The minimum Gasteiger partial charge on any atom is -0.322 e. The molecule has 3 aromatic rings. The highest BCUT2D eigenvalue weighted by Gasteiger charge is 2.19. The van der Waals surface area contributed by atoms with E-state index in [1.54, 1.807) is 30.3 Å². The summed E-state index contributed by atoms with van der Waals surface area (Å²) in [6, 6.07) is 19.3. The fraction of sp³-hybridized carbons (Fsp3) is 0.0909.